The van der Waals surface area contributed by atoms with Gasteiger partial charge in [0.15, 0.2) is 5.78 Å². The molecule has 0 aliphatic rings. The fourth-order valence-corrected chi connectivity index (χ4v) is 3.09. The Labute approximate surface area is 167 Å². The number of aromatic carboxylic acids is 1. The van der Waals surface area contributed by atoms with Gasteiger partial charge < -0.3 is 25.0 Å². The Morgan fingerprint density at radius 3 is 2.62 bits per heavy atom. The van der Waals surface area contributed by atoms with Gasteiger partial charge in [-0.2, -0.15) is 0 Å². The number of benzene rings is 1. The van der Waals surface area contributed by atoms with E-state index in [1.54, 1.807) is 34.9 Å². The minimum absolute atomic E-state index is 0.0712. The number of carboxylic acids is 1. The minimum atomic E-state index is -1.21. The number of aromatic nitrogens is 2. The number of nitrogen functional groups attached to an aromatic ring is 1. The van der Waals surface area contributed by atoms with E-state index < -0.39 is 5.97 Å². The molecule has 152 valence electrons. The average Bonchev–Trinajstić information content (AvgIpc) is 3.29. The van der Waals surface area contributed by atoms with Crippen LogP contribution >= 0.6 is 0 Å². The molecule has 3 aromatic rings. The molecule has 0 saturated heterocycles. The molecule has 2 aromatic heterocycles. The fraction of sp³-hybridized carbons (Fsp3) is 0.286. The van der Waals surface area contributed by atoms with E-state index in [1.165, 1.54) is 6.20 Å². The summed E-state index contributed by atoms with van der Waals surface area (Å²) in [4.78, 5) is 24.3. The Morgan fingerprint density at radius 2 is 1.97 bits per heavy atom. The number of carboxylic acid groups (broad SMARTS) is 1. The van der Waals surface area contributed by atoms with E-state index in [2.05, 4.69) is 5.16 Å². The minimum Gasteiger partial charge on any atom is -0.508 e. The molecule has 3 rings (SSSR count). The van der Waals surface area contributed by atoms with Gasteiger partial charge in [0.2, 0.25) is 0 Å². The molecule has 8 nitrogen and oxygen atoms in total. The second kappa shape index (κ2) is 8.64. The summed E-state index contributed by atoms with van der Waals surface area (Å²) < 4.78 is 6.91. The summed E-state index contributed by atoms with van der Waals surface area (Å²) in [5, 5.41) is 22.8. The van der Waals surface area contributed by atoms with Gasteiger partial charge in [-0.3, -0.25) is 4.79 Å². The van der Waals surface area contributed by atoms with E-state index in [4.69, 9.17) is 10.3 Å². The van der Waals surface area contributed by atoms with Crippen molar-refractivity contribution in [2.45, 2.75) is 39.2 Å². The van der Waals surface area contributed by atoms with Crippen molar-refractivity contribution in [2.75, 3.05) is 5.73 Å². The third kappa shape index (κ3) is 4.48. The molecule has 0 bridgehead atoms. The lowest BCUT2D eigenvalue weighted by Crippen LogP contribution is -2.09. The van der Waals surface area contributed by atoms with Crippen molar-refractivity contribution in [1.29, 1.82) is 0 Å². The molecular formula is C21H23N3O5. The molecular weight excluding hydrogens is 374 g/mol. The number of rotatable bonds is 9. The van der Waals surface area contributed by atoms with E-state index in [0.29, 0.717) is 18.0 Å². The predicted octanol–water partition coefficient (Wildman–Crippen LogP) is 3.74. The first-order valence-electron chi connectivity index (χ1n) is 9.40. The topological polar surface area (TPSA) is 132 Å². The Balaban J connectivity index is 1.72. The van der Waals surface area contributed by atoms with Crippen LogP contribution in [0.2, 0.25) is 0 Å². The standard InChI is InChI=1S/C21H23N3O5/c1-2-3-10-24-12-16(19(20(24)22)21(27)28)18(26)9-8-15-11-17(23-29-15)13-4-6-14(25)7-5-13/h4-7,11-12,25H,2-3,8-10,22H2,1H3,(H,27,28). The van der Waals surface area contributed by atoms with Crippen LogP contribution in [0, 0.1) is 0 Å². The molecule has 0 radical (unpaired) electrons. The van der Waals surface area contributed by atoms with Crippen molar-refractivity contribution in [1.82, 2.24) is 9.72 Å². The van der Waals surface area contributed by atoms with Crippen LogP contribution in [0.4, 0.5) is 5.82 Å². The zero-order valence-electron chi connectivity index (χ0n) is 16.1. The monoisotopic (exact) mass is 397 g/mol. The number of hydrogen-bond donors (Lipinski definition) is 3. The van der Waals surface area contributed by atoms with Crippen molar-refractivity contribution in [3.63, 3.8) is 0 Å². The van der Waals surface area contributed by atoms with Gasteiger partial charge in [0.1, 0.15) is 28.6 Å². The summed E-state index contributed by atoms with van der Waals surface area (Å²) in [5.74, 6) is -0.759. The van der Waals surface area contributed by atoms with Gasteiger partial charge in [0.25, 0.3) is 0 Å². The largest absolute Gasteiger partial charge is 0.508 e. The van der Waals surface area contributed by atoms with Gasteiger partial charge in [-0.05, 0) is 30.7 Å². The summed E-state index contributed by atoms with van der Waals surface area (Å²) in [6, 6.07) is 8.24. The number of aryl methyl sites for hydroxylation is 2. The first-order valence-corrected chi connectivity index (χ1v) is 9.40. The number of nitrogens with zero attached hydrogens (tertiary/aromatic N) is 2. The molecule has 0 fully saturated rings. The molecule has 8 heteroatoms. The third-order valence-corrected chi connectivity index (χ3v) is 4.71. The van der Waals surface area contributed by atoms with Crippen molar-refractivity contribution < 1.29 is 24.3 Å². The first-order chi connectivity index (χ1) is 13.9. The Morgan fingerprint density at radius 1 is 1.24 bits per heavy atom. The molecule has 29 heavy (non-hydrogen) atoms. The number of Topliss-reactive ketones (excluding diaryl/α,β-unsaturated/α-hetero) is 1. The Bertz CT molecular complexity index is 1020. The quantitative estimate of drug-likeness (QED) is 0.469. The zero-order valence-corrected chi connectivity index (χ0v) is 16.1. The highest BCUT2D eigenvalue weighted by Gasteiger charge is 2.24. The highest BCUT2D eigenvalue weighted by Crippen LogP contribution is 2.25. The van der Waals surface area contributed by atoms with Gasteiger partial charge in [-0.15, -0.1) is 0 Å². The summed E-state index contributed by atoms with van der Waals surface area (Å²) in [5.41, 5.74) is 7.29. The number of phenols is 1. The average molecular weight is 397 g/mol. The van der Waals surface area contributed by atoms with Crippen LogP contribution in [0.1, 0.15) is 52.7 Å². The van der Waals surface area contributed by atoms with Crippen LogP contribution in [0.15, 0.2) is 41.1 Å². The third-order valence-electron chi connectivity index (χ3n) is 4.71. The maximum atomic E-state index is 12.7. The fourth-order valence-electron chi connectivity index (χ4n) is 3.09. The molecule has 0 saturated carbocycles. The van der Waals surface area contributed by atoms with Crippen LogP contribution in [-0.2, 0) is 13.0 Å². The smallest absolute Gasteiger partial charge is 0.340 e. The highest BCUT2D eigenvalue weighted by molar-refractivity contribution is 6.08. The number of hydrogen-bond acceptors (Lipinski definition) is 6. The molecule has 1 aromatic carbocycles. The highest BCUT2D eigenvalue weighted by atomic mass is 16.5. The lowest BCUT2D eigenvalue weighted by Gasteiger charge is -2.04. The second-order valence-corrected chi connectivity index (χ2v) is 6.80. The van der Waals surface area contributed by atoms with Gasteiger partial charge in [-0.1, -0.05) is 18.5 Å². The maximum Gasteiger partial charge on any atom is 0.340 e. The number of nitrogens with two attached hydrogens (primary N) is 1. The molecule has 0 unspecified atom stereocenters. The Kier molecular flexibility index (Phi) is 6.01. The number of aromatic hydroxyl groups is 1. The van der Waals surface area contributed by atoms with Crippen LogP contribution < -0.4 is 5.73 Å². The number of unbranched alkanes of at least 4 members (excludes halogenated alkanes) is 1. The summed E-state index contributed by atoms with van der Waals surface area (Å²) >= 11 is 0. The maximum absolute atomic E-state index is 12.7. The molecule has 0 spiro atoms. The summed E-state index contributed by atoms with van der Waals surface area (Å²) in [6.45, 7) is 2.58. The van der Waals surface area contributed by atoms with Gasteiger partial charge in [0, 0.05) is 37.2 Å². The van der Waals surface area contributed by atoms with Gasteiger partial charge >= 0.3 is 5.97 Å². The summed E-state index contributed by atoms with van der Waals surface area (Å²) in [6.07, 6.45) is 3.64. The molecule has 4 N–H and O–H groups in total. The number of anilines is 1. The SMILES string of the molecule is CCCCn1cc(C(=O)CCc2cc(-c3ccc(O)cc3)no2)c(C(=O)O)c1N. The van der Waals surface area contributed by atoms with Crippen molar-refractivity contribution in [3.05, 3.63) is 53.4 Å². The number of phenolic OH excluding ortho intramolecular Hbond substituents is 1. The molecule has 0 atom stereocenters. The molecule has 0 amide bonds. The van der Waals surface area contributed by atoms with E-state index >= 15 is 0 Å². The molecule has 0 aliphatic carbocycles. The van der Waals surface area contributed by atoms with Crippen LogP contribution in [0.5, 0.6) is 5.75 Å². The van der Waals surface area contributed by atoms with E-state index in [0.717, 1.165) is 18.4 Å². The van der Waals surface area contributed by atoms with Crippen molar-refractivity contribution in [3.8, 4) is 17.0 Å². The predicted molar refractivity (Wildman–Crippen MR) is 107 cm³/mol. The summed E-state index contributed by atoms with van der Waals surface area (Å²) in [7, 11) is 0. The zero-order chi connectivity index (χ0) is 21.0. The number of carbonyl (C=O) groups is 2. The van der Waals surface area contributed by atoms with Gasteiger partial charge in [-0.25, -0.2) is 4.79 Å². The number of carbonyl (C=O) groups excluding carboxylic acids is 1. The van der Waals surface area contributed by atoms with Crippen LogP contribution in [0.3, 0.4) is 0 Å². The van der Waals surface area contributed by atoms with Crippen LogP contribution in [0.25, 0.3) is 11.3 Å². The van der Waals surface area contributed by atoms with Gasteiger partial charge in [0.05, 0.1) is 5.56 Å². The lowest BCUT2D eigenvalue weighted by atomic mass is 10.0. The van der Waals surface area contributed by atoms with Crippen molar-refractivity contribution >= 4 is 17.6 Å². The Hall–Kier alpha value is -3.55. The lowest BCUT2D eigenvalue weighted by molar-refractivity contribution is 0.0693. The van der Waals surface area contributed by atoms with Crippen molar-refractivity contribution in [2.24, 2.45) is 0 Å². The second-order valence-electron chi connectivity index (χ2n) is 6.80. The van der Waals surface area contributed by atoms with Crippen LogP contribution in [-0.4, -0.2) is 31.7 Å². The molecule has 2 heterocycles. The molecule has 0 aliphatic heterocycles. The van der Waals surface area contributed by atoms with E-state index in [-0.39, 0.29) is 41.3 Å². The normalized spacial score (nSPS) is 10.9. The van der Waals surface area contributed by atoms with E-state index in [1.807, 2.05) is 6.92 Å². The first kappa shape index (κ1) is 20.2. The number of ketones is 1. The van der Waals surface area contributed by atoms with E-state index in [9.17, 15) is 19.8 Å².